The third kappa shape index (κ3) is 2.76. The molecule has 0 aliphatic carbocycles. The zero-order chi connectivity index (χ0) is 17.6. The molecule has 3 nitrogen and oxygen atoms in total. The lowest BCUT2D eigenvalue weighted by Crippen LogP contribution is -2.26. The molecule has 3 aromatic rings. The molecule has 128 valence electrons. The van der Waals surface area contributed by atoms with Crippen LogP contribution in [-0.4, -0.2) is 28.0 Å². The number of hydrogen-bond donors (Lipinski definition) is 0. The lowest BCUT2D eigenvalue weighted by molar-refractivity contribution is 0.312. The van der Waals surface area contributed by atoms with Gasteiger partial charge < -0.3 is 9.47 Å². The average molecular weight is 335 g/mol. The maximum atomic E-state index is 14.7. The first-order valence-electron chi connectivity index (χ1n) is 8.65. The number of hydrogen-bond acceptors (Lipinski definition) is 2. The highest BCUT2D eigenvalue weighted by molar-refractivity contribution is 5.90. The molecule has 1 aliphatic heterocycles. The fourth-order valence-corrected chi connectivity index (χ4v) is 3.64. The molecule has 0 N–H and O–H groups in total. The zero-order valence-electron chi connectivity index (χ0n) is 14.9. The van der Waals surface area contributed by atoms with Gasteiger partial charge in [0.05, 0.1) is 5.52 Å². The van der Waals surface area contributed by atoms with Crippen LogP contribution in [0.2, 0.25) is 0 Å². The van der Waals surface area contributed by atoms with Crippen LogP contribution in [0.4, 0.5) is 4.39 Å². The molecule has 3 heterocycles. The third-order valence-electron chi connectivity index (χ3n) is 5.04. The van der Waals surface area contributed by atoms with Crippen LogP contribution in [0.15, 0.2) is 36.5 Å². The number of rotatable bonds is 2. The van der Waals surface area contributed by atoms with Crippen molar-refractivity contribution in [3.05, 3.63) is 64.9 Å². The quantitative estimate of drug-likeness (QED) is 0.688. The predicted octanol–water partition coefficient (Wildman–Crippen LogP) is 4.49. The molecule has 2 aromatic heterocycles. The second-order valence-corrected chi connectivity index (χ2v) is 6.92. The standard InChI is InChI=1S/C21H22FN3/c1-14(16-8-7-15(2)23-11-16)12-25-20-9-10-24(3)13-18(20)17-5-4-6-19(22)21(17)25/h4-8,11-12H,9-10,13H2,1-3H3. The van der Waals surface area contributed by atoms with E-state index in [-0.39, 0.29) is 5.82 Å². The van der Waals surface area contributed by atoms with E-state index in [9.17, 15) is 4.39 Å². The van der Waals surface area contributed by atoms with Gasteiger partial charge in [-0.05, 0) is 49.7 Å². The molecule has 4 rings (SSSR count). The zero-order valence-corrected chi connectivity index (χ0v) is 14.9. The largest absolute Gasteiger partial charge is 0.317 e. The first kappa shape index (κ1) is 16.0. The number of allylic oxidation sites excluding steroid dienone is 1. The highest BCUT2D eigenvalue weighted by atomic mass is 19.1. The SMILES string of the molecule is CC(=Cn1c2c(c3cccc(F)c31)CN(C)CC2)c1ccc(C)nc1. The maximum Gasteiger partial charge on any atom is 0.147 e. The van der Waals surface area contributed by atoms with Gasteiger partial charge in [0.1, 0.15) is 5.82 Å². The van der Waals surface area contributed by atoms with Crippen molar-refractivity contribution in [1.82, 2.24) is 14.5 Å². The highest BCUT2D eigenvalue weighted by Gasteiger charge is 2.23. The van der Waals surface area contributed by atoms with Crippen LogP contribution >= 0.6 is 0 Å². The summed E-state index contributed by atoms with van der Waals surface area (Å²) < 4.78 is 16.7. The van der Waals surface area contributed by atoms with Gasteiger partial charge in [0.15, 0.2) is 0 Å². The number of aromatic nitrogens is 2. The van der Waals surface area contributed by atoms with Gasteiger partial charge in [0, 0.05) is 48.7 Å². The number of fused-ring (bicyclic) bond motifs is 3. The molecule has 0 unspecified atom stereocenters. The van der Waals surface area contributed by atoms with Crippen molar-refractivity contribution >= 4 is 22.7 Å². The van der Waals surface area contributed by atoms with E-state index in [1.807, 2.05) is 25.3 Å². The molecule has 1 aromatic carbocycles. The number of halogens is 1. The normalized spacial score (nSPS) is 15.6. The molecule has 0 saturated heterocycles. The first-order chi connectivity index (χ1) is 12.0. The topological polar surface area (TPSA) is 21.1 Å². The van der Waals surface area contributed by atoms with Crippen LogP contribution in [0, 0.1) is 12.7 Å². The van der Waals surface area contributed by atoms with E-state index in [1.165, 1.54) is 11.3 Å². The summed E-state index contributed by atoms with van der Waals surface area (Å²) in [6.07, 6.45) is 4.86. The van der Waals surface area contributed by atoms with Crippen LogP contribution < -0.4 is 0 Å². The number of nitrogens with zero attached hydrogens (tertiary/aromatic N) is 3. The maximum absolute atomic E-state index is 14.7. The van der Waals surface area contributed by atoms with Crippen LogP contribution in [0.3, 0.4) is 0 Å². The summed E-state index contributed by atoms with van der Waals surface area (Å²) in [5.74, 6) is -0.166. The summed E-state index contributed by atoms with van der Waals surface area (Å²) in [6.45, 7) is 5.89. The molecule has 0 spiro atoms. The molecule has 0 radical (unpaired) electrons. The number of pyridine rings is 1. The van der Waals surface area contributed by atoms with Crippen molar-refractivity contribution in [3.63, 3.8) is 0 Å². The average Bonchev–Trinajstić information content (AvgIpc) is 2.90. The van der Waals surface area contributed by atoms with Gasteiger partial charge in [0.25, 0.3) is 0 Å². The lowest BCUT2D eigenvalue weighted by atomic mass is 10.0. The minimum atomic E-state index is -0.166. The Labute approximate surface area is 147 Å². The van der Waals surface area contributed by atoms with Gasteiger partial charge in [-0.15, -0.1) is 0 Å². The van der Waals surface area contributed by atoms with Crippen molar-refractivity contribution in [2.45, 2.75) is 26.8 Å². The number of aryl methyl sites for hydroxylation is 1. The molecular formula is C21H22FN3. The summed E-state index contributed by atoms with van der Waals surface area (Å²) in [7, 11) is 2.12. The van der Waals surface area contributed by atoms with Crippen molar-refractivity contribution in [2.75, 3.05) is 13.6 Å². The molecule has 0 fully saturated rings. The van der Waals surface area contributed by atoms with Gasteiger partial charge in [-0.25, -0.2) is 4.39 Å². The smallest absolute Gasteiger partial charge is 0.147 e. The van der Waals surface area contributed by atoms with E-state index in [0.717, 1.165) is 41.7 Å². The lowest BCUT2D eigenvalue weighted by Gasteiger charge is -2.23. The second-order valence-electron chi connectivity index (χ2n) is 6.92. The molecular weight excluding hydrogens is 313 g/mol. The summed E-state index contributed by atoms with van der Waals surface area (Å²) >= 11 is 0. The number of para-hydroxylation sites is 1. The Morgan fingerprint density at radius 3 is 2.84 bits per heavy atom. The van der Waals surface area contributed by atoms with Gasteiger partial charge >= 0.3 is 0 Å². The molecule has 0 bridgehead atoms. The van der Waals surface area contributed by atoms with E-state index >= 15 is 0 Å². The van der Waals surface area contributed by atoms with E-state index in [1.54, 1.807) is 12.1 Å². The fourth-order valence-electron chi connectivity index (χ4n) is 3.64. The Kier molecular flexibility index (Phi) is 3.92. The third-order valence-corrected chi connectivity index (χ3v) is 5.04. The minimum absolute atomic E-state index is 0.166. The Bertz CT molecular complexity index is 967. The Hall–Kier alpha value is -2.46. The second kappa shape index (κ2) is 6.12. The van der Waals surface area contributed by atoms with Gasteiger partial charge in [-0.3, -0.25) is 4.98 Å². The summed E-state index contributed by atoms with van der Waals surface area (Å²) in [6, 6.07) is 9.45. The summed E-state index contributed by atoms with van der Waals surface area (Å²) in [5, 5.41) is 1.02. The molecule has 4 heteroatoms. The Morgan fingerprint density at radius 2 is 2.08 bits per heavy atom. The molecule has 0 atom stereocenters. The molecule has 25 heavy (non-hydrogen) atoms. The predicted molar refractivity (Wildman–Crippen MR) is 101 cm³/mol. The van der Waals surface area contributed by atoms with E-state index in [4.69, 9.17) is 0 Å². The van der Waals surface area contributed by atoms with E-state index in [0.29, 0.717) is 5.52 Å². The van der Waals surface area contributed by atoms with Crippen LogP contribution in [-0.2, 0) is 13.0 Å². The summed E-state index contributed by atoms with van der Waals surface area (Å²) in [5.41, 5.74) is 6.28. The molecule has 0 saturated carbocycles. The van der Waals surface area contributed by atoms with Gasteiger partial charge in [-0.1, -0.05) is 18.2 Å². The van der Waals surface area contributed by atoms with Gasteiger partial charge in [-0.2, -0.15) is 0 Å². The summed E-state index contributed by atoms with van der Waals surface area (Å²) in [4.78, 5) is 6.67. The fraction of sp³-hybridized carbons (Fsp3) is 0.286. The number of likely N-dealkylation sites (N-methyl/N-ethyl adjacent to an activating group) is 1. The van der Waals surface area contributed by atoms with Crippen molar-refractivity contribution in [1.29, 1.82) is 0 Å². The van der Waals surface area contributed by atoms with Crippen LogP contribution in [0.1, 0.15) is 29.4 Å². The Balaban J connectivity index is 1.92. The van der Waals surface area contributed by atoms with Gasteiger partial charge in [0.2, 0.25) is 0 Å². The minimum Gasteiger partial charge on any atom is -0.317 e. The van der Waals surface area contributed by atoms with E-state index in [2.05, 4.69) is 40.7 Å². The Morgan fingerprint density at radius 1 is 1.24 bits per heavy atom. The van der Waals surface area contributed by atoms with E-state index < -0.39 is 0 Å². The highest BCUT2D eigenvalue weighted by Crippen LogP contribution is 2.33. The monoisotopic (exact) mass is 335 g/mol. The van der Waals surface area contributed by atoms with Crippen molar-refractivity contribution < 1.29 is 4.39 Å². The molecule has 1 aliphatic rings. The number of benzene rings is 1. The van der Waals surface area contributed by atoms with Crippen molar-refractivity contribution in [3.8, 4) is 0 Å². The van der Waals surface area contributed by atoms with Crippen LogP contribution in [0.5, 0.6) is 0 Å². The first-order valence-corrected chi connectivity index (χ1v) is 8.65. The molecule has 0 amide bonds. The van der Waals surface area contributed by atoms with Crippen LogP contribution in [0.25, 0.3) is 22.7 Å². The van der Waals surface area contributed by atoms with Crippen molar-refractivity contribution in [2.24, 2.45) is 0 Å².